The fourth-order valence-electron chi connectivity index (χ4n) is 8.98. The van der Waals surface area contributed by atoms with Crippen LogP contribution in [-0.2, 0) is 5.41 Å². The molecule has 51 heavy (non-hydrogen) atoms. The Kier molecular flexibility index (Phi) is 6.11. The summed E-state index contributed by atoms with van der Waals surface area (Å²) in [5.41, 5.74) is 16.1. The first-order chi connectivity index (χ1) is 25.3. The van der Waals surface area contributed by atoms with Gasteiger partial charge in [0.1, 0.15) is 0 Å². The lowest BCUT2D eigenvalue weighted by molar-refractivity contribution is 0.793. The molecule has 11 rings (SSSR count). The van der Waals surface area contributed by atoms with Gasteiger partial charge in [0.2, 0.25) is 0 Å². The van der Waals surface area contributed by atoms with Crippen molar-refractivity contribution >= 4 is 48.6 Å². The Labute approximate surface area is 301 Å². The van der Waals surface area contributed by atoms with Gasteiger partial charge in [0.25, 0.3) is 0 Å². The summed E-state index contributed by atoms with van der Waals surface area (Å²) in [6.07, 6.45) is 0. The molecule has 9 aromatic rings. The van der Waals surface area contributed by atoms with Gasteiger partial charge in [0.05, 0.1) is 5.41 Å². The van der Waals surface area contributed by atoms with Crippen molar-refractivity contribution in [2.75, 3.05) is 4.90 Å². The van der Waals surface area contributed by atoms with Crippen molar-refractivity contribution in [2.45, 2.75) is 5.41 Å². The molecule has 0 atom stereocenters. The Morgan fingerprint density at radius 1 is 0.333 bits per heavy atom. The highest BCUT2D eigenvalue weighted by molar-refractivity contribution is 7.25. The Bertz CT molecular complexity index is 2760. The summed E-state index contributed by atoms with van der Waals surface area (Å²) in [5.74, 6) is 0. The number of hydrogen-bond donors (Lipinski definition) is 0. The Balaban J connectivity index is 1.18. The Morgan fingerprint density at radius 3 is 1.59 bits per heavy atom. The molecule has 8 aromatic carbocycles. The maximum Gasteiger partial charge on any atom is 0.0726 e. The lowest BCUT2D eigenvalue weighted by Gasteiger charge is -2.32. The zero-order chi connectivity index (χ0) is 33.5. The summed E-state index contributed by atoms with van der Waals surface area (Å²) in [6.45, 7) is 0. The minimum Gasteiger partial charge on any atom is -0.310 e. The molecule has 0 saturated carbocycles. The molecule has 0 radical (unpaired) electrons. The molecule has 0 aliphatic heterocycles. The number of anilines is 3. The van der Waals surface area contributed by atoms with Crippen LogP contribution >= 0.6 is 11.3 Å². The molecule has 1 spiro atoms. The minimum absolute atomic E-state index is 0.401. The third-order valence-electron chi connectivity index (χ3n) is 11.1. The van der Waals surface area contributed by atoms with Gasteiger partial charge in [0, 0.05) is 37.2 Å². The summed E-state index contributed by atoms with van der Waals surface area (Å²) >= 11 is 1.87. The molecule has 0 N–H and O–H groups in total. The highest BCUT2D eigenvalue weighted by atomic mass is 32.1. The molecule has 2 aliphatic carbocycles. The molecule has 2 heteroatoms. The van der Waals surface area contributed by atoms with Gasteiger partial charge < -0.3 is 4.90 Å². The van der Waals surface area contributed by atoms with E-state index in [1.165, 1.54) is 75.8 Å². The molecule has 0 amide bonds. The van der Waals surface area contributed by atoms with Crippen LogP contribution in [0.3, 0.4) is 0 Å². The monoisotopic (exact) mass is 665 g/mol. The average molecular weight is 666 g/mol. The van der Waals surface area contributed by atoms with Crippen molar-refractivity contribution in [2.24, 2.45) is 0 Å². The van der Waals surface area contributed by atoms with Crippen molar-refractivity contribution < 1.29 is 0 Å². The lowest BCUT2D eigenvalue weighted by atomic mass is 9.70. The van der Waals surface area contributed by atoms with Crippen LogP contribution < -0.4 is 4.90 Å². The highest BCUT2D eigenvalue weighted by Crippen LogP contribution is 2.63. The van der Waals surface area contributed by atoms with E-state index in [-0.39, 0.29) is 0 Å². The molecule has 1 nitrogen and oxygen atoms in total. The van der Waals surface area contributed by atoms with Crippen LogP contribution in [0.1, 0.15) is 22.3 Å². The zero-order valence-electron chi connectivity index (χ0n) is 27.8. The smallest absolute Gasteiger partial charge is 0.0726 e. The highest BCUT2D eigenvalue weighted by Gasteiger charge is 2.51. The molecule has 0 fully saturated rings. The van der Waals surface area contributed by atoms with Gasteiger partial charge in [-0.3, -0.25) is 0 Å². The van der Waals surface area contributed by atoms with Gasteiger partial charge in [-0.15, -0.1) is 11.3 Å². The van der Waals surface area contributed by atoms with Crippen molar-refractivity contribution in [1.82, 2.24) is 0 Å². The first kappa shape index (κ1) is 28.6. The van der Waals surface area contributed by atoms with Crippen LogP contribution in [0, 0.1) is 0 Å². The van der Waals surface area contributed by atoms with Gasteiger partial charge >= 0.3 is 0 Å². The minimum atomic E-state index is -0.401. The topological polar surface area (TPSA) is 3.24 Å². The first-order valence-corrected chi connectivity index (χ1v) is 18.4. The number of rotatable bonds is 4. The second-order valence-corrected chi connectivity index (χ2v) is 14.7. The molecule has 0 saturated heterocycles. The fourth-order valence-corrected chi connectivity index (χ4v) is 10.1. The van der Waals surface area contributed by atoms with Gasteiger partial charge in [-0.25, -0.2) is 0 Å². The summed E-state index contributed by atoms with van der Waals surface area (Å²) in [5, 5.41) is 2.62. The molecular formula is C49H31NS. The predicted molar refractivity (Wildman–Crippen MR) is 216 cm³/mol. The lowest BCUT2D eigenvalue weighted by Crippen LogP contribution is -2.26. The second kappa shape index (κ2) is 10.9. The largest absolute Gasteiger partial charge is 0.310 e. The van der Waals surface area contributed by atoms with Crippen LogP contribution in [0.5, 0.6) is 0 Å². The zero-order valence-corrected chi connectivity index (χ0v) is 28.6. The summed E-state index contributed by atoms with van der Waals surface area (Å²) in [4.78, 5) is 2.46. The molecule has 2 aliphatic rings. The van der Waals surface area contributed by atoms with Crippen LogP contribution in [0.4, 0.5) is 17.1 Å². The standard InChI is InChI=1S/C49H31NS/c1-2-13-32(14-3-1)33-15-12-16-34(29-33)50(36-26-28-42-41-20-7-11-24-47(41)51-48(42)31-36)35-25-27-40-39-19-6-10-23-45(39)49(46(40)30-35)43-21-8-4-17-37(43)38-18-5-9-22-44(38)49/h1-31H. The predicted octanol–water partition coefficient (Wildman–Crippen LogP) is 13.5. The fraction of sp³-hybridized carbons (Fsp3) is 0.0204. The molecule has 1 aromatic heterocycles. The molecule has 0 bridgehead atoms. The molecule has 1 heterocycles. The summed E-state index contributed by atoms with van der Waals surface area (Å²) in [7, 11) is 0. The maximum atomic E-state index is 2.48. The van der Waals surface area contributed by atoms with Crippen LogP contribution in [0.2, 0.25) is 0 Å². The van der Waals surface area contributed by atoms with Gasteiger partial charge in [-0.05, 0) is 98.1 Å². The van der Waals surface area contributed by atoms with E-state index in [4.69, 9.17) is 0 Å². The third kappa shape index (κ3) is 4.03. The van der Waals surface area contributed by atoms with E-state index >= 15 is 0 Å². The number of nitrogens with zero attached hydrogens (tertiary/aromatic N) is 1. The molecule has 0 unspecified atom stereocenters. The average Bonchev–Trinajstić information content (AvgIpc) is 3.82. The molecule has 238 valence electrons. The summed E-state index contributed by atoms with van der Waals surface area (Å²) < 4.78 is 2.61. The third-order valence-corrected chi connectivity index (χ3v) is 12.2. The Hall–Kier alpha value is -6.22. The van der Waals surface area contributed by atoms with Gasteiger partial charge in [-0.2, -0.15) is 0 Å². The van der Waals surface area contributed by atoms with Crippen molar-refractivity contribution in [3.8, 4) is 33.4 Å². The van der Waals surface area contributed by atoms with E-state index in [1.807, 2.05) is 11.3 Å². The van der Waals surface area contributed by atoms with E-state index in [2.05, 4.69) is 193 Å². The SMILES string of the molecule is c1ccc(-c2cccc(N(c3ccc4c(c3)C3(c5ccccc5-c5ccccc53)c3ccccc3-4)c3ccc4c(c3)sc3ccccc34)c2)cc1. The van der Waals surface area contributed by atoms with Crippen molar-refractivity contribution in [3.05, 3.63) is 210 Å². The van der Waals surface area contributed by atoms with Crippen molar-refractivity contribution in [3.63, 3.8) is 0 Å². The van der Waals surface area contributed by atoms with E-state index in [0.29, 0.717) is 0 Å². The van der Waals surface area contributed by atoms with E-state index in [1.54, 1.807) is 0 Å². The van der Waals surface area contributed by atoms with E-state index in [0.717, 1.165) is 17.1 Å². The number of hydrogen-bond acceptors (Lipinski definition) is 2. The Morgan fingerprint density at radius 2 is 0.863 bits per heavy atom. The van der Waals surface area contributed by atoms with E-state index < -0.39 is 5.41 Å². The van der Waals surface area contributed by atoms with Crippen LogP contribution in [-0.4, -0.2) is 0 Å². The number of benzene rings is 8. The number of thiophene rings is 1. The normalized spacial score (nSPS) is 13.3. The summed E-state index contributed by atoms with van der Waals surface area (Å²) in [6, 6.07) is 69.7. The number of fused-ring (bicyclic) bond motifs is 13. The maximum absolute atomic E-state index is 2.48. The van der Waals surface area contributed by atoms with Gasteiger partial charge in [0.15, 0.2) is 0 Å². The van der Waals surface area contributed by atoms with E-state index in [9.17, 15) is 0 Å². The quantitative estimate of drug-likeness (QED) is 0.181. The molecular weight excluding hydrogens is 635 g/mol. The van der Waals surface area contributed by atoms with Crippen LogP contribution in [0.25, 0.3) is 53.6 Å². The first-order valence-electron chi connectivity index (χ1n) is 17.6. The second-order valence-electron chi connectivity index (χ2n) is 13.6. The van der Waals surface area contributed by atoms with Crippen LogP contribution in [0.15, 0.2) is 188 Å². The van der Waals surface area contributed by atoms with Crippen molar-refractivity contribution in [1.29, 1.82) is 0 Å². The van der Waals surface area contributed by atoms with Gasteiger partial charge in [-0.1, -0.05) is 146 Å².